The fourth-order valence-electron chi connectivity index (χ4n) is 1.69. The van der Waals surface area contributed by atoms with Crippen LogP contribution in [-0.4, -0.2) is 0 Å². The van der Waals surface area contributed by atoms with Crippen molar-refractivity contribution in [2.45, 2.75) is 13.0 Å². The van der Waals surface area contributed by atoms with E-state index in [2.05, 4.69) is 0 Å². The Kier molecular flexibility index (Phi) is 5.15. The molecule has 2 rings (SSSR count). The van der Waals surface area contributed by atoms with Crippen molar-refractivity contribution in [1.82, 2.24) is 0 Å². The lowest BCUT2D eigenvalue weighted by Crippen LogP contribution is -2.04. The van der Waals surface area contributed by atoms with Crippen LogP contribution in [0.25, 0.3) is 11.1 Å². The Hall–Kier alpha value is -1.09. The molecule has 2 N–H and O–H groups in total. The van der Waals surface area contributed by atoms with Crippen LogP contribution in [0.1, 0.15) is 18.5 Å². The number of rotatable bonds is 2. The van der Waals surface area contributed by atoms with Crippen molar-refractivity contribution in [2.75, 3.05) is 0 Å². The van der Waals surface area contributed by atoms with Gasteiger partial charge in [0.1, 0.15) is 5.82 Å². The van der Waals surface area contributed by atoms with Crippen LogP contribution in [0.3, 0.4) is 0 Å². The van der Waals surface area contributed by atoms with Gasteiger partial charge in [-0.1, -0.05) is 35.9 Å². The molecular formula is C14H14Cl2FN. The Bertz CT molecular complexity index is 524. The number of halogens is 3. The monoisotopic (exact) mass is 285 g/mol. The Balaban J connectivity index is 0.00000162. The second-order valence-electron chi connectivity index (χ2n) is 4.03. The minimum absolute atomic E-state index is 0. The molecule has 0 aliphatic carbocycles. The van der Waals surface area contributed by atoms with Crippen molar-refractivity contribution in [2.24, 2.45) is 5.73 Å². The molecule has 0 radical (unpaired) electrons. The molecule has 18 heavy (non-hydrogen) atoms. The molecule has 1 nitrogen and oxygen atoms in total. The van der Waals surface area contributed by atoms with Gasteiger partial charge in [-0.3, -0.25) is 0 Å². The van der Waals surface area contributed by atoms with Gasteiger partial charge in [-0.2, -0.15) is 0 Å². The average molecular weight is 286 g/mol. The molecule has 0 aliphatic heterocycles. The van der Waals surface area contributed by atoms with Crippen LogP contribution in [0.2, 0.25) is 5.02 Å². The first-order valence-electron chi connectivity index (χ1n) is 5.39. The summed E-state index contributed by atoms with van der Waals surface area (Å²) in [6.07, 6.45) is 0. The molecular weight excluding hydrogens is 272 g/mol. The van der Waals surface area contributed by atoms with Crippen LogP contribution in [-0.2, 0) is 0 Å². The van der Waals surface area contributed by atoms with E-state index in [9.17, 15) is 4.39 Å². The highest BCUT2D eigenvalue weighted by atomic mass is 35.5. The lowest BCUT2D eigenvalue weighted by molar-refractivity contribution is 0.631. The van der Waals surface area contributed by atoms with E-state index in [-0.39, 0.29) is 24.3 Å². The Morgan fingerprint density at radius 3 is 2.22 bits per heavy atom. The van der Waals surface area contributed by atoms with Crippen LogP contribution >= 0.6 is 24.0 Å². The van der Waals surface area contributed by atoms with Crippen LogP contribution in [0.5, 0.6) is 0 Å². The second-order valence-corrected chi connectivity index (χ2v) is 4.47. The largest absolute Gasteiger partial charge is 0.324 e. The first-order valence-corrected chi connectivity index (χ1v) is 5.76. The third kappa shape index (κ3) is 3.22. The van der Waals surface area contributed by atoms with Crippen molar-refractivity contribution in [1.29, 1.82) is 0 Å². The summed E-state index contributed by atoms with van der Waals surface area (Å²) in [7, 11) is 0. The predicted octanol–water partition coefficient (Wildman–Crippen LogP) is 4.59. The molecule has 1 unspecified atom stereocenters. The van der Waals surface area contributed by atoms with E-state index < -0.39 is 0 Å². The quantitative estimate of drug-likeness (QED) is 0.858. The Morgan fingerprint density at radius 2 is 1.72 bits per heavy atom. The fourth-order valence-corrected chi connectivity index (χ4v) is 1.85. The molecule has 0 heterocycles. The molecule has 1 atom stereocenters. The minimum Gasteiger partial charge on any atom is -0.324 e. The number of benzene rings is 2. The van der Waals surface area contributed by atoms with Crippen LogP contribution in [0, 0.1) is 5.82 Å². The lowest BCUT2D eigenvalue weighted by Gasteiger charge is -2.08. The van der Waals surface area contributed by atoms with Crippen LogP contribution in [0.4, 0.5) is 4.39 Å². The Morgan fingerprint density at radius 1 is 1.11 bits per heavy atom. The maximum absolute atomic E-state index is 13.7. The van der Waals surface area contributed by atoms with Gasteiger partial charge in [-0.25, -0.2) is 4.39 Å². The van der Waals surface area contributed by atoms with Gasteiger partial charge in [0.25, 0.3) is 0 Å². The molecule has 96 valence electrons. The topological polar surface area (TPSA) is 26.0 Å². The van der Waals surface area contributed by atoms with Crippen molar-refractivity contribution < 1.29 is 4.39 Å². The third-order valence-corrected chi connectivity index (χ3v) is 2.91. The highest BCUT2D eigenvalue weighted by Gasteiger charge is 2.06. The minimum atomic E-state index is -0.314. The highest BCUT2D eigenvalue weighted by Crippen LogP contribution is 2.26. The zero-order chi connectivity index (χ0) is 12.4. The van der Waals surface area contributed by atoms with Crippen molar-refractivity contribution in [3.63, 3.8) is 0 Å². The maximum Gasteiger partial charge on any atom is 0.132 e. The van der Waals surface area contributed by atoms with E-state index in [0.717, 1.165) is 11.1 Å². The second kappa shape index (κ2) is 6.19. The molecule has 2 aromatic rings. The molecule has 0 saturated carbocycles. The van der Waals surface area contributed by atoms with Gasteiger partial charge in [0.05, 0.1) is 0 Å². The number of hydrogen-bond donors (Lipinski definition) is 1. The van der Waals surface area contributed by atoms with E-state index in [1.165, 1.54) is 6.07 Å². The van der Waals surface area contributed by atoms with E-state index >= 15 is 0 Å². The molecule has 0 spiro atoms. The Labute approximate surface area is 117 Å². The molecule has 2 aromatic carbocycles. The molecule has 0 amide bonds. The SMILES string of the molecule is CC(N)c1ccc(-c2ccc(Cl)cc2F)cc1.Cl. The molecule has 0 fully saturated rings. The average Bonchev–Trinajstić information content (AvgIpc) is 2.29. The summed E-state index contributed by atoms with van der Waals surface area (Å²) in [5.41, 5.74) is 8.16. The predicted molar refractivity (Wildman–Crippen MR) is 76.7 cm³/mol. The standard InChI is InChI=1S/C14H13ClFN.ClH/c1-9(17)10-2-4-11(5-3-10)13-7-6-12(15)8-14(13)16;/h2-9H,17H2,1H3;1H. The summed E-state index contributed by atoms with van der Waals surface area (Å²) in [5, 5.41) is 0.401. The smallest absolute Gasteiger partial charge is 0.132 e. The highest BCUT2D eigenvalue weighted by molar-refractivity contribution is 6.30. The van der Waals surface area contributed by atoms with Crippen molar-refractivity contribution in [3.05, 3.63) is 58.9 Å². The lowest BCUT2D eigenvalue weighted by atomic mass is 10.0. The summed E-state index contributed by atoms with van der Waals surface area (Å²) in [4.78, 5) is 0. The fraction of sp³-hybridized carbons (Fsp3) is 0.143. The number of hydrogen-bond acceptors (Lipinski definition) is 1. The van der Waals surface area contributed by atoms with E-state index in [1.54, 1.807) is 12.1 Å². The van der Waals surface area contributed by atoms with E-state index in [0.29, 0.717) is 10.6 Å². The molecule has 0 aliphatic rings. The van der Waals surface area contributed by atoms with Gasteiger partial charge in [-0.05, 0) is 36.2 Å². The molecule has 0 aromatic heterocycles. The molecule has 0 saturated heterocycles. The number of nitrogens with two attached hydrogens (primary N) is 1. The summed E-state index contributed by atoms with van der Waals surface area (Å²) < 4.78 is 13.7. The zero-order valence-corrected chi connectivity index (χ0v) is 11.4. The van der Waals surface area contributed by atoms with Gasteiger partial charge in [0, 0.05) is 16.6 Å². The normalized spacial score (nSPS) is 11.8. The summed E-state index contributed by atoms with van der Waals surface area (Å²) >= 11 is 5.71. The maximum atomic E-state index is 13.7. The first-order chi connectivity index (χ1) is 8.08. The van der Waals surface area contributed by atoms with E-state index in [4.69, 9.17) is 17.3 Å². The summed E-state index contributed by atoms with van der Waals surface area (Å²) in [5.74, 6) is -0.314. The van der Waals surface area contributed by atoms with Gasteiger partial charge in [0.15, 0.2) is 0 Å². The summed E-state index contributed by atoms with van der Waals surface area (Å²) in [6.45, 7) is 1.91. The van der Waals surface area contributed by atoms with Gasteiger partial charge in [-0.15, -0.1) is 12.4 Å². The third-order valence-electron chi connectivity index (χ3n) is 2.68. The molecule has 0 bridgehead atoms. The van der Waals surface area contributed by atoms with Gasteiger partial charge in [0.2, 0.25) is 0 Å². The zero-order valence-electron chi connectivity index (χ0n) is 9.86. The van der Waals surface area contributed by atoms with Crippen molar-refractivity contribution >= 4 is 24.0 Å². The van der Waals surface area contributed by atoms with Crippen LogP contribution < -0.4 is 5.73 Å². The van der Waals surface area contributed by atoms with Gasteiger partial charge >= 0.3 is 0 Å². The first kappa shape index (κ1) is 15.0. The summed E-state index contributed by atoms with van der Waals surface area (Å²) in [6, 6.07) is 12.2. The van der Waals surface area contributed by atoms with E-state index in [1.807, 2.05) is 31.2 Å². The molecule has 4 heteroatoms. The van der Waals surface area contributed by atoms with Gasteiger partial charge < -0.3 is 5.73 Å². The van der Waals surface area contributed by atoms with Crippen LogP contribution in [0.15, 0.2) is 42.5 Å². The van der Waals surface area contributed by atoms with Crippen molar-refractivity contribution in [3.8, 4) is 11.1 Å².